The zero-order valence-corrected chi connectivity index (χ0v) is 12.7. The third-order valence-electron chi connectivity index (χ3n) is 4.30. The Morgan fingerprint density at radius 3 is 2.55 bits per heavy atom. The number of benzene rings is 1. The molecule has 0 N–H and O–H groups in total. The standard InChI is InChI=1S/C18H20N2O2/c1-19-11-6-10-16(19)18(22)20-12-5-9-15(13-20)17(21)14-7-3-2-4-8-14/h2-4,6-8,10-11,15H,5,9,12-13H2,1H3/t15-/m1/s1. The summed E-state index contributed by atoms with van der Waals surface area (Å²) in [6.07, 6.45) is 3.59. The molecule has 1 saturated heterocycles. The van der Waals surface area contributed by atoms with Crippen LogP contribution in [0.25, 0.3) is 0 Å². The van der Waals surface area contributed by atoms with Gasteiger partial charge in [-0.2, -0.15) is 0 Å². The summed E-state index contributed by atoms with van der Waals surface area (Å²) in [4.78, 5) is 27.0. The van der Waals surface area contributed by atoms with Crippen molar-refractivity contribution in [3.63, 3.8) is 0 Å². The number of hydrogen-bond acceptors (Lipinski definition) is 2. The Bertz CT molecular complexity index is 675. The van der Waals surface area contributed by atoms with Gasteiger partial charge in [-0.3, -0.25) is 9.59 Å². The molecule has 3 rings (SSSR count). The maximum absolute atomic E-state index is 12.6. The number of carbonyl (C=O) groups excluding carboxylic acids is 2. The SMILES string of the molecule is Cn1cccc1C(=O)N1CCC[C@@H](C(=O)c2ccccc2)C1. The smallest absolute Gasteiger partial charge is 0.270 e. The molecule has 1 aliphatic rings. The topological polar surface area (TPSA) is 42.3 Å². The predicted molar refractivity (Wildman–Crippen MR) is 84.8 cm³/mol. The second kappa shape index (κ2) is 6.18. The number of ketones is 1. The molecule has 1 atom stereocenters. The Hall–Kier alpha value is -2.36. The van der Waals surface area contributed by atoms with Crippen LogP contribution in [-0.2, 0) is 7.05 Å². The number of aromatic nitrogens is 1. The van der Waals surface area contributed by atoms with E-state index in [0.717, 1.165) is 24.9 Å². The van der Waals surface area contributed by atoms with E-state index < -0.39 is 0 Å². The molecule has 0 aliphatic carbocycles. The van der Waals surface area contributed by atoms with Crippen LogP contribution in [0.2, 0.25) is 0 Å². The first-order valence-corrected chi connectivity index (χ1v) is 7.66. The van der Waals surface area contributed by atoms with E-state index in [1.165, 1.54) is 0 Å². The van der Waals surface area contributed by atoms with Crippen LogP contribution >= 0.6 is 0 Å². The summed E-state index contributed by atoms with van der Waals surface area (Å²) in [5, 5.41) is 0. The zero-order valence-electron chi connectivity index (χ0n) is 12.7. The van der Waals surface area contributed by atoms with E-state index in [9.17, 15) is 9.59 Å². The van der Waals surface area contributed by atoms with Crippen LogP contribution in [0.4, 0.5) is 0 Å². The van der Waals surface area contributed by atoms with E-state index >= 15 is 0 Å². The normalized spacial score (nSPS) is 18.2. The molecule has 2 aromatic rings. The van der Waals surface area contributed by atoms with E-state index in [0.29, 0.717) is 12.2 Å². The summed E-state index contributed by atoms with van der Waals surface area (Å²) in [7, 11) is 1.86. The Morgan fingerprint density at radius 1 is 1.09 bits per heavy atom. The van der Waals surface area contributed by atoms with Crippen molar-refractivity contribution >= 4 is 11.7 Å². The van der Waals surface area contributed by atoms with Gasteiger partial charge in [-0.1, -0.05) is 30.3 Å². The van der Waals surface area contributed by atoms with Gasteiger partial charge in [0.15, 0.2) is 5.78 Å². The Balaban J connectivity index is 1.73. The fourth-order valence-corrected chi connectivity index (χ4v) is 3.06. The summed E-state index contributed by atoms with van der Waals surface area (Å²) < 4.78 is 1.82. The number of nitrogens with zero attached hydrogens (tertiary/aromatic N) is 2. The summed E-state index contributed by atoms with van der Waals surface area (Å²) >= 11 is 0. The fraction of sp³-hybridized carbons (Fsp3) is 0.333. The first-order valence-electron chi connectivity index (χ1n) is 7.66. The summed E-state index contributed by atoms with van der Waals surface area (Å²) in [6, 6.07) is 13.0. The molecular weight excluding hydrogens is 276 g/mol. The second-order valence-electron chi connectivity index (χ2n) is 5.82. The minimum Gasteiger partial charge on any atom is -0.347 e. The van der Waals surface area contributed by atoms with Gasteiger partial charge in [-0.15, -0.1) is 0 Å². The Labute approximate surface area is 130 Å². The van der Waals surface area contributed by atoms with Gasteiger partial charge in [0.1, 0.15) is 5.69 Å². The average Bonchev–Trinajstić information content (AvgIpc) is 3.00. The monoisotopic (exact) mass is 296 g/mol. The minimum absolute atomic E-state index is 0.0121. The van der Waals surface area contributed by atoms with Crippen LogP contribution in [0.5, 0.6) is 0 Å². The summed E-state index contributed by atoms with van der Waals surface area (Å²) in [5.74, 6) is 0.0587. The molecule has 2 heterocycles. The van der Waals surface area contributed by atoms with Gasteiger partial charge in [-0.25, -0.2) is 0 Å². The third-order valence-corrected chi connectivity index (χ3v) is 4.30. The van der Waals surface area contributed by atoms with Crippen LogP contribution in [0.1, 0.15) is 33.7 Å². The highest BCUT2D eigenvalue weighted by Gasteiger charge is 2.30. The van der Waals surface area contributed by atoms with Crippen molar-refractivity contribution in [2.24, 2.45) is 13.0 Å². The van der Waals surface area contributed by atoms with Crippen molar-refractivity contribution in [3.8, 4) is 0 Å². The van der Waals surface area contributed by atoms with Gasteiger partial charge in [0.2, 0.25) is 0 Å². The average molecular weight is 296 g/mol. The molecule has 4 nitrogen and oxygen atoms in total. The van der Waals surface area contributed by atoms with Crippen LogP contribution in [0, 0.1) is 5.92 Å². The number of aryl methyl sites for hydroxylation is 1. The van der Waals surface area contributed by atoms with Crippen LogP contribution in [-0.4, -0.2) is 34.2 Å². The van der Waals surface area contributed by atoms with E-state index in [2.05, 4.69) is 0 Å². The first-order chi connectivity index (χ1) is 10.7. The zero-order chi connectivity index (χ0) is 15.5. The number of Topliss-reactive ketones (excluding diaryl/α,β-unsaturated/α-hetero) is 1. The Kier molecular flexibility index (Phi) is 4.09. The van der Waals surface area contributed by atoms with Crippen molar-refractivity contribution in [2.45, 2.75) is 12.8 Å². The number of amides is 1. The van der Waals surface area contributed by atoms with Gasteiger partial charge >= 0.3 is 0 Å². The molecule has 4 heteroatoms. The lowest BCUT2D eigenvalue weighted by atomic mass is 9.90. The molecule has 0 spiro atoms. The lowest BCUT2D eigenvalue weighted by Crippen LogP contribution is -2.42. The van der Waals surface area contributed by atoms with Crippen LogP contribution < -0.4 is 0 Å². The third kappa shape index (κ3) is 2.82. The van der Waals surface area contributed by atoms with Gasteiger partial charge in [0, 0.05) is 37.8 Å². The molecule has 1 aromatic heterocycles. The summed E-state index contributed by atoms with van der Waals surface area (Å²) in [6.45, 7) is 1.24. The van der Waals surface area contributed by atoms with E-state index in [4.69, 9.17) is 0 Å². The largest absolute Gasteiger partial charge is 0.347 e. The van der Waals surface area contributed by atoms with Crippen LogP contribution in [0.15, 0.2) is 48.7 Å². The van der Waals surface area contributed by atoms with Crippen molar-refractivity contribution in [2.75, 3.05) is 13.1 Å². The minimum atomic E-state index is -0.0969. The lowest BCUT2D eigenvalue weighted by Gasteiger charge is -2.32. The number of rotatable bonds is 3. The van der Waals surface area contributed by atoms with Crippen molar-refractivity contribution < 1.29 is 9.59 Å². The number of likely N-dealkylation sites (tertiary alicyclic amines) is 1. The molecule has 0 radical (unpaired) electrons. The molecule has 1 amide bonds. The van der Waals surface area contributed by atoms with Gasteiger partial charge in [0.05, 0.1) is 0 Å². The van der Waals surface area contributed by atoms with E-state index in [-0.39, 0.29) is 17.6 Å². The molecule has 1 aliphatic heterocycles. The highest BCUT2D eigenvalue weighted by atomic mass is 16.2. The van der Waals surface area contributed by atoms with Crippen molar-refractivity contribution in [1.29, 1.82) is 0 Å². The van der Waals surface area contributed by atoms with Crippen molar-refractivity contribution in [3.05, 3.63) is 59.9 Å². The molecule has 1 aromatic carbocycles. The first kappa shape index (κ1) is 14.6. The molecular formula is C18H20N2O2. The van der Waals surface area contributed by atoms with Gasteiger partial charge in [-0.05, 0) is 25.0 Å². The fourth-order valence-electron chi connectivity index (χ4n) is 3.06. The van der Waals surface area contributed by atoms with E-state index in [1.54, 1.807) is 0 Å². The van der Waals surface area contributed by atoms with Gasteiger partial charge in [0.25, 0.3) is 5.91 Å². The molecule has 1 fully saturated rings. The maximum Gasteiger partial charge on any atom is 0.270 e. The predicted octanol–water partition coefficient (Wildman–Crippen LogP) is 2.76. The maximum atomic E-state index is 12.6. The van der Waals surface area contributed by atoms with Crippen LogP contribution in [0.3, 0.4) is 0 Å². The number of piperidine rings is 1. The molecule has 114 valence electrons. The molecule has 22 heavy (non-hydrogen) atoms. The summed E-state index contributed by atoms with van der Waals surface area (Å²) in [5.41, 5.74) is 1.41. The molecule has 0 saturated carbocycles. The highest BCUT2D eigenvalue weighted by molar-refractivity contribution is 5.99. The Morgan fingerprint density at radius 2 is 1.86 bits per heavy atom. The van der Waals surface area contributed by atoms with E-state index in [1.807, 2.05) is 65.2 Å². The molecule has 0 unspecified atom stereocenters. The van der Waals surface area contributed by atoms with Gasteiger partial charge < -0.3 is 9.47 Å². The number of carbonyl (C=O) groups is 2. The second-order valence-corrected chi connectivity index (χ2v) is 5.82. The quantitative estimate of drug-likeness (QED) is 0.817. The molecule has 0 bridgehead atoms. The lowest BCUT2D eigenvalue weighted by molar-refractivity contribution is 0.0629. The highest BCUT2D eigenvalue weighted by Crippen LogP contribution is 2.22. The number of hydrogen-bond donors (Lipinski definition) is 0. The van der Waals surface area contributed by atoms with Crippen molar-refractivity contribution in [1.82, 2.24) is 9.47 Å².